The van der Waals surface area contributed by atoms with Crippen molar-refractivity contribution in [2.75, 3.05) is 20.3 Å². The van der Waals surface area contributed by atoms with E-state index < -0.39 is 12.0 Å². The molecule has 0 spiro atoms. The molecule has 5 rings (SSSR count). The van der Waals surface area contributed by atoms with Crippen LogP contribution in [0.3, 0.4) is 0 Å². The van der Waals surface area contributed by atoms with E-state index in [1.807, 2.05) is 43.3 Å². The van der Waals surface area contributed by atoms with Gasteiger partial charge in [-0.1, -0.05) is 47.7 Å². The third-order valence-corrected chi connectivity index (χ3v) is 7.51. The van der Waals surface area contributed by atoms with Crippen molar-refractivity contribution < 1.29 is 24.1 Å². The molecule has 1 N–H and O–H groups in total. The van der Waals surface area contributed by atoms with E-state index in [-0.39, 0.29) is 17.9 Å². The lowest BCUT2D eigenvalue weighted by Crippen LogP contribution is -2.40. The molecule has 3 aromatic carbocycles. The highest BCUT2D eigenvalue weighted by Crippen LogP contribution is 2.38. The van der Waals surface area contributed by atoms with Crippen LogP contribution in [0.1, 0.15) is 37.9 Å². The van der Waals surface area contributed by atoms with Crippen molar-refractivity contribution in [3.05, 3.63) is 96.7 Å². The van der Waals surface area contributed by atoms with Crippen molar-refractivity contribution >= 4 is 34.2 Å². The number of phenolic OH excluding ortho intramolecular Hbond substituents is 1. The highest BCUT2D eigenvalue weighted by atomic mass is 32.1. The van der Waals surface area contributed by atoms with Gasteiger partial charge < -0.3 is 19.3 Å². The van der Waals surface area contributed by atoms with Gasteiger partial charge in [0.1, 0.15) is 5.75 Å². The zero-order chi connectivity index (χ0) is 27.7. The molecule has 2 heterocycles. The SMILES string of the molecule is CCOC(=O)C1=C(C)N=c2sc(=Cc3ccc(O)c(OCC)c3)c(=O)n2[C@H]1c1ccc(OC)c2ccccc12. The van der Waals surface area contributed by atoms with Crippen molar-refractivity contribution in [3.8, 4) is 17.2 Å². The topological polar surface area (TPSA) is 99.4 Å². The van der Waals surface area contributed by atoms with Gasteiger partial charge in [0.15, 0.2) is 16.3 Å². The third-order valence-electron chi connectivity index (χ3n) is 6.53. The Balaban J connectivity index is 1.77. The molecule has 4 aromatic rings. The van der Waals surface area contributed by atoms with Gasteiger partial charge in [0.25, 0.3) is 5.56 Å². The molecule has 0 aliphatic carbocycles. The van der Waals surface area contributed by atoms with Crippen LogP contribution in [0.4, 0.5) is 0 Å². The van der Waals surface area contributed by atoms with Gasteiger partial charge in [0, 0.05) is 5.39 Å². The van der Waals surface area contributed by atoms with Crippen LogP contribution in [-0.2, 0) is 9.53 Å². The van der Waals surface area contributed by atoms with Crippen LogP contribution in [0.25, 0.3) is 16.8 Å². The lowest BCUT2D eigenvalue weighted by Gasteiger charge is -2.26. The van der Waals surface area contributed by atoms with E-state index in [1.165, 1.54) is 17.4 Å². The lowest BCUT2D eigenvalue weighted by atomic mass is 9.91. The molecule has 8 nitrogen and oxygen atoms in total. The van der Waals surface area contributed by atoms with Crippen LogP contribution in [0, 0.1) is 0 Å². The predicted octanol–water partition coefficient (Wildman–Crippen LogP) is 4.06. The zero-order valence-corrected chi connectivity index (χ0v) is 22.9. The Morgan fingerprint density at radius 1 is 1.08 bits per heavy atom. The summed E-state index contributed by atoms with van der Waals surface area (Å²) in [5, 5.41) is 11.8. The van der Waals surface area contributed by atoms with Gasteiger partial charge in [-0.2, -0.15) is 0 Å². The molecule has 0 amide bonds. The third kappa shape index (κ3) is 4.70. The number of hydrogen-bond donors (Lipinski definition) is 1. The second kappa shape index (κ2) is 10.8. The van der Waals surface area contributed by atoms with E-state index >= 15 is 0 Å². The number of carbonyl (C=O) groups is 1. The number of carbonyl (C=O) groups excluding carboxylic acids is 1. The van der Waals surface area contributed by atoms with Gasteiger partial charge in [-0.3, -0.25) is 9.36 Å². The van der Waals surface area contributed by atoms with Crippen molar-refractivity contribution in [2.45, 2.75) is 26.8 Å². The summed E-state index contributed by atoms with van der Waals surface area (Å²) in [4.78, 5) is 32.4. The van der Waals surface area contributed by atoms with E-state index in [0.717, 1.165) is 16.3 Å². The normalized spacial score (nSPS) is 15.2. The van der Waals surface area contributed by atoms with Crippen LogP contribution in [0.15, 0.2) is 75.7 Å². The molecule has 0 radical (unpaired) electrons. The van der Waals surface area contributed by atoms with E-state index in [0.29, 0.717) is 44.3 Å². The number of nitrogens with zero attached hydrogens (tertiary/aromatic N) is 2. The first-order chi connectivity index (χ1) is 18.9. The molecule has 0 saturated heterocycles. The lowest BCUT2D eigenvalue weighted by molar-refractivity contribution is -0.139. The Kier molecular flexibility index (Phi) is 7.26. The molecule has 1 aliphatic heterocycles. The van der Waals surface area contributed by atoms with Crippen molar-refractivity contribution in [1.82, 2.24) is 4.57 Å². The van der Waals surface area contributed by atoms with Gasteiger partial charge in [0.05, 0.1) is 42.2 Å². The van der Waals surface area contributed by atoms with E-state index in [4.69, 9.17) is 14.2 Å². The molecule has 200 valence electrons. The van der Waals surface area contributed by atoms with Crippen molar-refractivity contribution in [2.24, 2.45) is 4.99 Å². The van der Waals surface area contributed by atoms with E-state index in [9.17, 15) is 14.7 Å². The molecule has 0 fully saturated rings. The number of thiazole rings is 1. The second-order valence-electron chi connectivity index (χ2n) is 8.87. The molecule has 39 heavy (non-hydrogen) atoms. The summed E-state index contributed by atoms with van der Waals surface area (Å²) < 4.78 is 18.5. The number of ether oxygens (including phenoxy) is 3. The Bertz CT molecular complexity index is 1800. The largest absolute Gasteiger partial charge is 0.504 e. The summed E-state index contributed by atoms with van der Waals surface area (Å²) in [5.41, 5.74) is 1.97. The van der Waals surface area contributed by atoms with Crippen LogP contribution < -0.4 is 24.4 Å². The number of methoxy groups -OCH3 is 1. The van der Waals surface area contributed by atoms with Gasteiger partial charge in [-0.05, 0) is 61.6 Å². The quantitative estimate of drug-likeness (QED) is 0.352. The maximum atomic E-state index is 14.0. The fourth-order valence-corrected chi connectivity index (χ4v) is 5.89. The number of allylic oxidation sites excluding steroid dienone is 1. The smallest absolute Gasteiger partial charge is 0.338 e. The van der Waals surface area contributed by atoms with Gasteiger partial charge >= 0.3 is 5.97 Å². The van der Waals surface area contributed by atoms with Crippen LogP contribution in [-0.4, -0.2) is 36.0 Å². The van der Waals surface area contributed by atoms with Crippen molar-refractivity contribution in [1.29, 1.82) is 0 Å². The molecule has 1 atom stereocenters. The highest BCUT2D eigenvalue weighted by molar-refractivity contribution is 7.07. The molecule has 0 saturated carbocycles. The van der Waals surface area contributed by atoms with Gasteiger partial charge in [-0.15, -0.1) is 0 Å². The van der Waals surface area contributed by atoms with Crippen LogP contribution >= 0.6 is 11.3 Å². The number of hydrogen-bond acceptors (Lipinski definition) is 8. The number of rotatable bonds is 7. The fourth-order valence-electron chi connectivity index (χ4n) is 4.84. The monoisotopic (exact) mass is 544 g/mol. The Morgan fingerprint density at radius 3 is 2.56 bits per heavy atom. The van der Waals surface area contributed by atoms with Crippen molar-refractivity contribution in [3.63, 3.8) is 0 Å². The van der Waals surface area contributed by atoms with Gasteiger partial charge in [0.2, 0.25) is 0 Å². The minimum absolute atomic E-state index is 0.0246. The average molecular weight is 545 g/mol. The number of phenols is 1. The molecular formula is C30H28N2O6S. The Labute approximate surface area is 228 Å². The highest BCUT2D eigenvalue weighted by Gasteiger charge is 2.34. The second-order valence-corrected chi connectivity index (χ2v) is 9.87. The first kappa shape index (κ1) is 26.2. The first-order valence-corrected chi connectivity index (χ1v) is 13.4. The summed E-state index contributed by atoms with van der Waals surface area (Å²) in [6.45, 7) is 5.92. The maximum Gasteiger partial charge on any atom is 0.338 e. The minimum atomic E-state index is -0.753. The Morgan fingerprint density at radius 2 is 1.85 bits per heavy atom. The number of esters is 1. The van der Waals surface area contributed by atoms with E-state index in [2.05, 4.69) is 4.99 Å². The van der Waals surface area contributed by atoms with Crippen LogP contribution in [0.5, 0.6) is 17.2 Å². The molecule has 1 aliphatic rings. The van der Waals surface area contributed by atoms with Gasteiger partial charge in [-0.25, -0.2) is 9.79 Å². The standard InChI is InChI=1S/C30H28N2O6S/c1-5-37-24-15-18(11-13-22(24)33)16-25-28(34)32-27(26(29(35)38-6-2)17(3)31-30(32)39-25)21-12-14-23(36-4)20-10-8-7-9-19(20)21/h7-16,27,33H,5-6H2,1-4H3/t27-/m0/s1. The molecule has 0 unspecified atom stereocenters. The summed E-state index contributed by atoms with van der Waals surface area (Å²) in [6, 6.07) is 15.6. The minimum Gasteiger partial charge on any atom is -0.504 e. The first-order valence-electron chi connectivity index (χ1n) is 12.6. The van der Waals surface area contributed by atoms with E-state index in [1.54, 1.807) is 43.7 Å². The maximum absolute atomic E-state index is 14.0. The molecule has 1 aromatic heterocycles. The number of aromatic nitrogens is 1. The predicted molar refractivity (Wildman–Crippen MR) is 150 cm³/mol. The number of aromatic hydroxyl groups is 1. The average Bonchev–Trinajstić information content (AvgIpc) is 3.23. The zero-order valence-electron chi connectivity index (χ0n) is 22.1. The summed E-state index contributed by atoms with van der Waals surface area (Å²) in [6.07, 6.45) is 1.73. The molecular weight excluding hydrogens is 516 g/mol. The van der Waals surface area contributed by atoms with Crippen LogP contribution in [0.2, 0.25) is 0 Å². The molecule has 9 heteroatoms. The number of benzene rings is 3. The molecule has 0 bridgehead atoms. The summed E-state index contributed by atoms with van der Waals surface area (Å²) in [7, 11) is 1.61. The Hall–Kier alpha value is -4.37. The summed E-state index contributed by atoms with van der Waals surface area (Å²) >= 11 is 1.24. The summed E-state index contributed by atoms with van der Waals surface area (Å²) in [5.74, 6) is 0.536. The number of fused-ring (bicyclic) bond motifs is 2. The fraction of sp³-hybridized carbons (Fsp3) is 0.233.